The summed E-state index contributed by atoms with van der Waals surface area (Å²) < 4.78 is 0. The largest absolute Gasteiger partial charge is 0.299 e. The van der Waals surface area contributed by atoms with Gasteiger partial charge in [0.25, 0.3) is 0 Å². The highest BCUT2D eigenvalue weighted by molar-refractivity contribution is 5.97. The second-order valence-corrected chi connectivity index (χ2v) is 4.15. The van der Waals surface area contributed by atoms with E-state index in [1.54, 1.807) is 6.08 Å². The molecule has 0 saturated heterocycles. The van der Waals surface area contributed by atoms with E-state index < -0.39 is 0 Å². The van der Waals surface area contributed by atoms with E-state index in [4.69, 9.17) is 0 Å². The lowest BCUT2D eigenvalue weighted by Gasteiger charge is -2.05. The molecule has 3 rings (SSSR count). The maximum Gasteiger partial charge on any atom is 0.142 e. The predicted octanol–water partition coefficient (Wildman–Crippen LogP) is 3.15. The highest BCUT2D eigenvalue weighted by Crippen LogP contribution is 2.33. The third-order valence-corrected chi connectivity index (χ3v) is 3.26. The van der Waals surface area contributed by atoms with Gasteiger partial charge in [-0.05, 0) is 46.4 Å². The Bertz CT molecular complexity index is 583. The Labute approximate surface area is 94.4 Å². The minimum absolute atomic E-state index is 0.823. The number of aryl methyl sites for hydroxylation is 2. The fourth-order valence-corrected chi connectivity index (χ4v) is 2.56. The lowest BCUT2D eigenvalue weighted by molar-refractivity contribution is -0.104. The number of carbonyl (C=O) groups excluding carboxylic acids is 1. The molecule has 0 unspecified atom stereocenters. The van der Waals surface area contributed by atoms with E-state index in [-0.39, 0.29) is 0 Å². The van der Waals surface area contributed by atoms with Crippen LogP contribution < -0.4 is 0 Å². The van der Waals surface area contributed by atoms with Crippen LogP contribution in [0.5, 0.6) is 0 Å². The average Bonchev–Trinajstić information content (AvgIpc) is 2.74. The third-order valence-electron chi connectivity index (χ3n) is 3.26. The highest BCUT2D eigenvalue weighted by atomic mass is 16.1. The van der Waals surface area contributed by atoms with Crippen LogP contribution in [0.1, 0.15) is 16.7 Å². The van der Waals surface area contributed by atoms with Crippen LogP contribution >= 0.6 is 0 Å². The van der Waals surface area contributed by atoms with Crippen molar-refractivity contribution in [3.05, 3.63) is 53.1 Å². The molecule has 2 aromatic rings. The first kappa shape index (κ1) is 9.34. The second-order valence-electron chi connectivity index (χ2n) is 4.15. The molecule has 78 valence electrons. The summed E-state index contributed by atoms with van der Waals surface area (Å²) in [6, 6.07) is 10.7. The van der Waals surface area contributed by atoms with Crippen molar-refractivity contribution in [1.29, 1.82) is 0 Å². The Morgan fingerprint density at radius 3 is 2.62 bits per heavy atom. The third kappa shape index (κ3) is 1.28. The van der Waals surface area contributed by atoms with Gasteiger partial charge in [-0.25, -0.2) is 0 Å². The van der Waals surface area contributed by atoms with Crippen molar-refractivity contribution in [2.24, 2.45) is 0 Å². The monoisotopic (exact) mass is 208 g/mol. The summed E-state index contributed by atoms with van der Waals surface area (Å²) in [5.41, 5.74) is 4.01. The SMILES string of the molecule is O=CC=Cc1ccc2c3c(cccc13)CC2. The molecular weight excluding hydrogens is 196 g/mol. The zero-order valence-corrected chi connectivity index (χ0v) is 8.94. The molecule has 0 fully saturated rings. The van der Waals surface area contributed by atoms with Crippen molar-refractivity contribution in [3.8, 4) is 0 Å². The molecule has 0 heterocycles. The van der Waals surface area contributed by atoms with Crippen LogP contribution in [0.4, 0.5) is 0 Å². The van der Waals surface area contributed by atoms with E-state index in [1.807, 2.05) is 6.08 Å². The molecule has 0 atom stereocenters. The predicted molar refractivity (Wildman–Crippen MR) is 66.5 cm³/mol. The topological polar surface area (TPSA) is 17.1 Å². The van der Waals surface area contributed by atoms with Gasteiger partial charge in [0.2, 0.25) is 0 Å². The van der Waals surface area contributed by atoms with Crippen molar-refractivity contribution < 1.29 is 4.79 Å². The molecule has 1 heteroatoms. The summed E-state index contributed by atoms with van der Waals surface area (Å²) in [6.07, 6.45) is 6.55. The van der Waals surface area contributed by atoms with Crippen LogP contribution in [0.2, 0.25) is 0 Å². The van der Waals surface area contributed by atoms with Crippen LogP contribution in [-0.2, 0) is 17.6 Å². The van der Waals surface area contributed by atoms with Crippen LogP contribution in [-0.4, -0.2) is 6.29 Å². The molecule has 0 N–H and O–H groups in total. The zero-order chi connectivity index (χ0) is 11.0. The second kappa shape index (κ2) is 3.60. The number of benzene rings is 2. The van der Waals surface area contributed by atoms with Crippen molar-refractivity contribution in [3.63, 3.8) is 0 Å². The Kier molecular flexibility index (Phi) is 2.10. The van der Waals surface area contributed by atoms with E-state index in [9.17, 15) is 4.79 Å². The molecule has 0 saturated carbocycles. The van der Waals surface area contributed by atoms with Gasteiger partial charge in [-0.15, -0.1) is 0 Å². The van der Waals surface area contributed by atoms with Gasteiger partial charge in [-0.2, -0.15) is 0 Å². The summed E-state index contributed by atoms with van der Waals surface area (Å²) in [6.45, 7) is 0. The number of carbonyl (C=O) groups is 1. The van der Waals surface area contributed by atoms with Gasteiger partial charge in [-0.3, -0.25) is 4.79 Å². The van der Waals surface area contributed by atoms with E-state index in [0.29, 0.717) is 0 Å². The lowest BCUT2D eigenvalue weighted by atomic mass is 10.00. The molecule has 0 aromatic heterocycles. The number of aldehydes is 1. The van der Waals surface area contributed by atoms with Crippen LogP contribution in [0.15, 0.2) is 36.4 Å². The zero-order valence-electron chi connectivity index (χ0n) is 8.94. The van der Waals surface area contributed by atoms with Gasteiger partial charge in [0, 0.05) is 0 Å². The number of rotatable bonds is 2. The minimum Gasteiger partial charge on any atom is -0.299 e. The Hall–Kier alpha value is -1.89. The summed E-state index contributed by atoms with van der Waals surface area (Å²) >= 11 is 0. The van der Waals surface area contributed by atoms with E-state index in [1.165, 1.54) is 21.9 Å². The molecular formula is C15H12O. The van der Waals surface area contributed by atoms with Crippen LogP contribution in [0, 0.1) is 0 Å². The quantitative estimate of drug-likeness (QED) is 0.547. The summed E-state index contributed by atoms with van der Waals surface area (Å²) in [5.74, 6) is 0. The summed E-state index contributed by atoms with van der Waals surface area (Å²) in [4.78, 5) is 10.4. The van der Waals surface area contributed by atoms with Crippen LogP contribution in [0.3, 0.4) is 0 Å². The molecule has 1 aliphatic rings. The van der Waals surface area contributed by atoms with Gasteiger partial charge < -0.3 is 0 Å². The summed E-state index contributed by atoms with van der Waals surface area (Å²) in [7, 11) is 0. The van der Waals surface area contributed by atoms with Gasteiger partial charge in [0.05, 0.1) is 0 Å². The van der Waals surface area contributed by atoms with Crippen molar-refractivity contribution >= 4 is 23.1 Å². The first-order chi connectivity index (χ1) is 7.90. The molecule has 1 nitrogen and oxygen atoms in total. The van der Waals surface area contributed by atoms with Crippen LogP contribution in [0.25, 0.3) is 16.8 Å². The average molecular weight is 208 g/mol. The van der Waals surface area contributed by atoms with E-state index in [0.717, 1.165) is 24.7 Å². The molecule has 0 radical (unpaired) electrons. The standard InChI is InChI=1S/C15H12O/c16-10-2-4-11-6-7-13-9-8-12-3-1-5-14(11)15(12)13/h1-7,10H,8-9H2. The summed E-state index contributed by atoms with van der Waals surface area (Å²) in [5, 5.41) is 2.67. The van der Waals surface area contributed by atoms with E-state index >= 15 is 0 Å². The first-order valence-corrected chi connectivity index (χ1v) is 5.55. The molecule has 0 bridgehead atoms. The fraction of sp³-hybridized carbons (Fsp3) is 0.133. The van der Waals surface area contributed by atoms with Gasteiger partial charge >= 0.3 is 0 Å². The van der Waals surface area contributed by atoms with Gasteiger partial charge in [0.1, 0.15) is 6.29 Å². The minimum atomic E-state index is 0.823. The molecule has 0 aliphatic heterocycles. The smallest absolute Gasteiger partial charge is 0.142 e. The molecule has 0 spiro atoms. The Morgan fingerprint density at radius 1 is 1.00 bits per heavy atom. The number of allylic oxidation sites excluding steroid dienone is 1. The van der Waals surface area contributed by atoms with Gasteiger partial charge in [0.15, 0.2) is 0 Å². The van der Waals surface area contributed by atoms with E-state index in [2.05, 4.69) is 30.3 Å². The Morgan fingerprint density at radius 2 is 1.81 bits per heavy atom. The Balaban J connectivity index is 2.33. The number of hydrogen-bond donors (Lipinski definition) is 0. The van der Waals surface area contributed by atoms with Crippen molar-refractivity contribution in [2.75, 3.05) is 0 Å². The maximum absolute atomic E-state index is 10.4. The molecule has 0 amide bonds. The normalized spacial score (nSPS) is 13.8. The molecule has 2 aromatic carbocycles. The van der Waals surface area contributed by atoms with Crippen molar-refractivity contribution in [1.82, 2.24) is 0 Å². The first-order valence-electron chi connectivity index (χ1n) is 5.55. The lowest BCUT2D eigenvalue weighted by Crippen LogP contribution is -1.82. The van der Waals surface area contributed by atoms with Gasteiger partial charge in [-0.1, -0.05) is 36.4 Å². The maximum atomic E-state index is 10.4. The number of hydrogen-bond acceptors (Lipinski definition) is 1. The van der Waals surface area contributed by atoms with Crippen molar-refractivity contribution in [2.45, 2.75) is 12.8 Å². The molecule has 16 heavy (non-hydrogen) atoms. The highest BCUT2D eigenvalue weighted by Gasteiger charge is 2.14. The fourth-order valence-electron chi connectivity index (χ4n) is 2.56. The molecule has 1 aliphatic carbocycles.